The minimum atomic E-state index is -0.361. The topological polar surface area (TPSA) is 58.4 Å². The van der Waals surface area contributed by atoms with Gasteiger partial charge in [0.25, 0.3) is 0 Å². The van der Waals surface area contributed by atoms with Gasteiger partial charge in [0.15, 0.2) is 5.82 Å². The summed E-state index contributed by atoms with van der Waals surface area (Å²) in [5, 5.41) is 11.1. The number of hydrogen-bond donors (Lipinski definition) is 1. The molecule has 1 amide bonds. The maximum atomic E-state index is 13.2. The fourth-order valence-electron chi connectivity index (χ4n) is 3.67. The average Bonchev–Trinajstić information content (AvgIpc) is 3.38. The van der Waals surface area contributed by atoms with Gasteiger partial charge in [-0.3, -0.25) is 9.69 Å². The summed E-state index contributed by atoms with van der Waals surface area (Å²) < 4.78 is 5.08. The number of nitrogens with one attached hydrogen (secondary N) is 1. The van der Waals surface area contributed by atoms with Crippen molar-refractivity contribution in [3.63, 3.8) is 0 Å². The lowest BCUT2D eigenvalue weighted by Crippen LogP contribution is -2.37. The molecule has 3 aromatic rings. The first-order valence-corrected chi connectivity index (χ1v) is 9.73. The Morgan fingerprint density at radius 3 is 2.88 bits per heavy atom. The number of aromatic nitrogens is 1. The third-order valence-electron chi connectivity index (χ3n) is 4.80. The number of rotatable bonds is 5. The minimum absolute atomic E-state index is 0.0772. The monoisotopic (exact) mass is 367 g/mol. The number of nitrogens with zero attached hydrogens (tertiary/aromatic N) is 2. The first-order valence-electron chi connectivity index (χ1n) is 8.79. The van der Waals surface area contributed by atoms with Gasteiger partial charge in [-0.05, 0) is 54.3 Å². The van der Waals surface area contributed by atoms with Crippen LogP contribution in [-0.4, -0.2) is 22.5 Å². The zero-order chi connectivity index (χ0) is 17.9. The fourth-order valence-corrected chi connectivity index (χ4v) is 4.38. The van der Waals surface area contributed by atoms with Crippen LogP contribution in [0, 0.1) is 6.92 Å². The summed E-state index contributed by atoms with van der Waals surface area (Å²) in [6.07, 6.45) is 2.15. The van der Waals surface area contributed by atoms with Gasteiger partial charge in [0.05, 0.1) is 0 Å². The number of benzene rings is 1. The third kappa shape index (κ3) is 3.43. The molecule has 0 bridgehead atoms. The van der Waals surface area contributed by atoms with Crippen molar-refractivity contribution in [3.05, 3.63) is 70.1 Å². The van der Waals surface area contributed by atoms with E-state index >= 15 is 0 Å². The molecule has 3 heterocycles. The van der Waals surface area contributed by atoms with E-state index in [1.807, 2.05) is 37.3 Å². The van der Waals surface area contributed by atoms with Crippen molar-refractivity contribution in [1.29, 1.82) is 0 Å². The first-order chi connectivity index (χ1) is 12.7. The van der Waals surface area contributed by atoms with E-state index in [9.17, 15) is 4.79 Å². The second kappa shape index (κ2) is 7.43. The number of aryl methyl sites for hydroxylation is 1. The van der Waals surface area contributed by atoms with Crippen LogP contribution in [0.15, 0.2) is 57.7 Å². The van der Waals surface area contributed by atoms with Crippen molar-refractivity contribution in [2.24, 2.45) is 0 Å². The van der Waals surface area contributed by atoms with E-state index in [0.717, 1.165) is 24.9 Å². The predicted molar refractivity (Wildman–Crippen MR) is 102 cm³/mol. The summed E-state index contributed by atoms with van der Waals surface area (Å²) in [6.45, 7) is 2.70. The molecule has 0 unspecified atom stereocenters. The summed E-state index contributed by atoms with van der Waals surface area (Å²) in [4.78, 5) is 15.5. The van der Waals surface area contributed by atoms with Crippen molar-refractivity contribution in [3.8, 4) is 0 Å². The maximum Gasteiger partial charge on any atom is 0.247 e. The number of likely N-dealkylation sites (tertiary alicyclic amines) is 1. The SMILES string of the molecule is Cc1cc(NC(=O)[C@@H](c2ccccc2)N2CCC[C@@H]2c2ccsc2)no1. The molecular formula is C20H21N3O2S. The smallest absolute Gasteiger partial charge is 0.247 e. The fraction of sp³-hybridized carbons (Fsp3) is 0.300. The zero-order valence-electron chi connectivity index (χ0n) is 14.6. The number of anilines is 1. The van der Waals surface area contributed by atoms with Gasteiger partial charge in [-0.25, -0.2) is 0 Å². The van der Waals surface area contributed by atoms with Crippen LogP contribution in [-0.2, 0) is 4.79 Å². The Bertz CT molecular complexity index is 860. The van der Waals surface area contributed by atoms with E-state index in [0.29, 0.717) is 11.6 Å². The van der Waals surface area contributed by atoms with Crippen LogP contribution in [0.4, 0.5) is 5.82 Å². The average molecular weight is 367 g/mol. The molecule has 1 fully saturated rings. The van der Waals surface area contributed by atoms with E-state index in [2.05, 4.69) is 32.2 Å². The van der Waals surface area contributed by atoms with Crippen LogP contribution in [0.5, 0.6) is 0 Å². The molecule has 4 rings (SSSR count). The summed E-state index contributed by atoms with van der Waals surface area (Å²) in [6, 6.07) is 13.8. The lowest BCUT2D eigenvalue weighted by Gasteiger charge is -2.32. The molecule has 134 valence electrons. The number of hydrogen-bond acceptors (Lipinski definition) is 5. The van der Waals surface area contributed by atoms with Gasteiger partial charge in [-0.1, -0.05) is 35.5 Å². The van der Waals surface area contributed by atoms with Gasteiger partial charge in [0.1, 0.15) is 11.8 Å². The van der Waals surface area contributed by atoms with E-state index in [4.69, 9.17) is 4.52 Å². The number of thiophene rings is 1. The standard InChI is InChI=1S/C20H21N3O2S/c1-14-12-18(22-25-14)21-20(24)19(15-6-3-2-4-7-15)23-10-5-8-17(23)16-9-11-26-13-16/h2-4,6-7,9,11-13,17,19H,5,8,10H2,1H3,(H,21,22,24)/t17-,19-/m1/s1. The Balaban J connectivity index is 1.65. The van der Waals surface area contributed by atoms with Crippen LogP contribution in [0.3, 0.4) is 0 Å². The van der Waals surface area contributed by atoms with Gasteiger partial charge < -0.3 is 9.84 Å². The Labute approximate surface area is 156 Å². The molecule has 0 saturated carbocycles. The lowest BCUT2D eigenvalue weighted by molar-refractivity contribution is -0.122. The van der Waals surface area contributed by atoms with E-state index < -0.39 is 0 Å². The van der Waals surface area contributed by atoms with Gasteiger partial charge in [-0.2, -0.15) is 11.3 Å². The van der Waals surface area contributed by atoms with Crippen LogP contribution in [0.1, 0.15) is 41.8 Å². The van der Waals surface area contributed by atoms with Crippen molar-refractivity contribution in [1.82, 2.24) is 10.1 Å². The molecule has 2 aromatic heterocycles. The second-order valence-electron chi connectivity index (χ2n) is 6.58. The Kier molecular flexibility index (Phi) is 4.86. The molecule has 1 N–H and O–H groups in total. The molecule has 6 heteroatoms. The molecule has 0 radical (unpaired) electrons. The molecule has 0 spiro atoms. The van der Waals surface area contributed by atoms with Crippen LogP contribution < -0.4 is 5.32 Å². The summed E-state index contributed by atoms with van der Waals surface area (Å²) >= 11 is 1.70. The van der Waals surface area contributed by atoms with Crippen LogP contribution in [0.25, 0.3) is 0 Å². The van der Waals surface area contributed by atoms with Gasteiger partial charge in [0.2, 0.25) is 5.91 Å². The first kappa shape index (κ1) is 17.0. The van der Waals surface area contributed by atoms with Crippen molar-refractivity contribution in [2.75, 3.05) is 11.9 Å². The molecule has 2 atom stereocenters. The zero-order valence-corrected chi connectivity index (χ0v) is 15.4. The Hall–Kier alpha value is -2.44. The minimum Gasteiger partial charge on any atom is -0.360 e. The number of carbonyl (C=O) groups is 1. The van der Waals surface area contributed by atoms with Gasteiger partial charge in [0, 0.05) is 12.1 Å². The molecule has 1 aliphatic heterocycles. The summed E-state index contributed by atoms with van der Waals surface area (Å²) in [7, 11) is 0. The maximum absolute atomic E-state index is 13.2. The highest BCUT2D eigenvalue weighted by Crippen LogP contribution is 2.39. The number of carbonyl (C=O) groups excluding carboxylic acids is 1. The largest absolute Gasteiger partial charge is 0.360 e. The lowest BCUT2D eigenvalue weighted by atomic mass is 10.0. The quantitative estimate of drug-likeness (QED) is 0.718. The second-order valence-corrected chi connectivity index (χ2v) is 7.36. The highest BCUT2D eigenvalue weighted by molar-refractivity contribution is 7.07. The van der Waals surface area contributed by atoms with Crippen molar-refractivity contribution < 1.29 is 9.32 Å². The number of amides is 1. The molecule has 1 aliphatic rings. The summed E-state index contributed by atoms with van der Waals surface area (Å²) in [5.74, 6) is 1.06. The predicted octanol–water partition coefficient (Wildman–Crippen LogP) is 4.56. The van der Waals surface area contributed by atoms with E-state index in [1.54, 1.807) is 17.4 Å². The van der Waals surface area contributed by atoms with Crippen molar-refractivity contribution in [2.45, 2.75) is 31.8 Å². The Morgan fingerprint density at radius 1 is 1.35 bits per heavy atom. The van der Waals surface area contributed by atoms with Gasteiger partial charge >= 0.3 is 0 Å². The Morgan fingerprint density at radius 2 is 2.19 bits per heavy atom. The van der Waals surface area contributed by atoms with E-state index in [-0.39, 0.29) is 18.0 Å². The molecule has 0 aliphatic carbocycles. The van der Waals surface area contributed by atoms with E-state index in [1.165, 1.54) is 5.56 Å². The molecule has 5 nitrogen and oxygen atoms in total. The highest BCUT2D eigenvalue weighted by Gasteiger charge is 2.37. The van der Waals surface area contributed by atoms with Crippen LogP contribution in [0.2, 0.25) is 0 Å². The third-order valence-corrected chi connectivity index (χ3v) is 5.50. The van der Waals surface area contributed by atoms with Crippen LogP contribution >= 0.6 is 11.3 Å². The normalized spacial score (nSPS) is 18.7. The van der Waals surface area contributed by atoms with Gasteiger partial charge in [-0.15, -0.1) is 0 Å². The molecule has 1 aromatic carbocycles. The molecule has 26 heavy (non-hydrogen) atoms. The van der Waals surface area contributed by atoms with Crippen molar-refractivity contribution >= 4 is 23.1 Å². The molecular weight excluding hydrogens is 346 g/mol. The summed E-state index contributed by atoms with van der Waals surface area (Å²) in [5.41, 5.74) is 2.28. The molecule has 1 saturated heterocycles. The highest BCUT2D eigenvalue weighted by atomic mass is 32.1.